The molecule has 4 rings (SSSR count). The van der Waals surface area contributed by atoms with Gasteiger partial charge in [-0.05, 0) is 22.4 Å². The van der Waals surface area contributed by atoms with Gasteiger partial charge in [0.05, 0.1) is 19.3 Å². The number of benzene rings is 2. The molecule has 39 heavy (non-hydrogen) atoms. The predicted octanol–water partition coefficient (Wildman–Crippen LogP) is 0.0100. The Hall–Kier alpha value is -2.29. The van der Waals surface area contributed by atoms with E-state index >= 15 is 0 Å². The number of rotatable bonds is 11. The van der Waals surface area contributed by atoms with Crippen molar-refractivity contribution < 1.29 is 55.9 Å². The molecule has 4 unspecified atom stereocenters. The SMILES string of the molecule is O=c1ccn([C@H]2CC(O)[C@@H](COP(=O)([O-])OP(=O)([O-])OP(=O)([O-])OCc3ccc4ccccc4c3)O2)c(=O)[nH]1. The van der Waals surface area contributed by atoms with Crippen LogP contribution in [0.3, 0.4) is 0 Å². The molecule has 0 saturated carbocycles. The largest absolute Gasteiger partial charge is 0.756 e. The number of aliphatic hydroxyl groups excluding tert-OH is 1. The highest BCUT2D eigenvalue weighted by atomic mass is 31.3. The van der Waals surface area contributed by atoms with Gasteiger partial charge in [0.1, 0.15) is 12.3 Å². The van der Waals surface area contributed by atoms with Gasteiger partial charge >= 0.3 is 5.69 Å². The fraction of sp³-hybridized carbons (Fsp3) is 0.300. The topological polar surface area (TPSA) is 242 Å². The Labute approximate surface area is 219 Å². The van der Waals surface area contributed by atoms with Crippen molar-refractivity contribution in [2.24, 2.45) is 0 Å². The van der Waals surface area contributed by atoms with Gasteiger partial charge in [-0.15, -0.1) is 0 Å². The molecule has 1 aromatic heterocycles. The van der Waals surface area contributed by atoms with E-state index in [2.05, 4.69) is 17.7 Å². The number of aromatic nitrogens is 2. The van der Waals surface area contributed by atoms with Crippen molar-refractivity contribution in [1.29, 1.82) is 0 Å². The minimum absolute atomic E-state index is 0.207. The van der Waals surface area contributed by atoms with Gasteiger partial charge in [-0.2, -0.15) is 0 Å². The van der Waals surface area contributed by atoms with Crippen molar-refractivity contribution in [3.05, 3.63) is 81.1 Å². The van der Waals surface area contributed by atoms with E-state index in [1.807, 2.05) is 11.1 Å². The molecule has 1 aliphatic heterocycles. The molecule has 0 aliphatic carbocycles. The van der Waals surface area contributed by atoms with E-state index in [9.17, 15) is 43.1 Å². The zero-order valence-electron chi connectivity index (χ0n) is 19.6. The van der Waals surface area contributed by atoms with E-state index in [-0.39, 0.29) is 6.42 Å². The first-order valence-corrected chi connectivity index (χ1v) is 15.4. The van der Waals surface area contributed by atoms with Crippen LogP contribution < -0.4 is 25.9 Å². The molecule has 2 heterocycles. The molecule has 1 fully saturated rings. The Morgan fingerprint density at radius 2 is 1.62 bits per heavy atom. The minimum Gasteiger partial charge on any atom is -0.756 e. The lowest BCUT2D eigenvalue weighted by molar-refractivity contribution is -0.252. The minimum atomic E-state index is -6.08. The third-order valence-electron chi connectivity index (χ3n) is 5.37. The molecule has 0 bridgehead atoms. The van der Waals surface area contributed by atoms with Crippen molar-refractivity contribution in [2.45, 2.75) is 31.5 Å². The summed E-state index contributed by atoms with van der Waals surface area (Å²) in [6.45, 7) is -1.59. The van der Waals surface area contributed by atoms with E-state index in [0.717, 1.165) is 27.6 Å². The first kappa shape index (κ1) is 29.7. The van der Waals surface area contributed by atoms with E-state index < -0.39 is 66.4 Å². The van der Waals surface area contributed by atoms with Crippen LogP contribution in [-0.4, -0.2) is 33.5 Å². The molecule has 2 N–H and O–H groups in total. The van der Waals surface area contributed by atoms with Gasteiger partial charge in [0.2, 0.25) is 0 Å². The average molecular weight is 605 g/mol. The highest BCUT2D eigenvalue weighted by Crippen LogP contribution is 2.63. The lowest BCUT2D eigenvalue weighted by atomic mass is 10.1. The predicted molar refractivity (Wildman–Crippen MR) is 126 cm³/mol. The summed E-state index contributed by atoms with van der Waals surface area (Å²) in [6, 6.07) is 13.0. The number of aromatic amines is 1. The van der Waals surface area contributed by atoms with Crippen LogP contribution in [0, 0.1) is 0 Å². The van der Waals surface area contributed by atoms with Gasteiger partial charge in [-0.1, -0.05) is 36.4 Å². The number of ether oxygens (including phenoxy) is 1. The van der Waals surface area contributed by atoms with Crippen LogP contribution in [0.2, 0.25) is 0 Å². The standard InChI is InChI=1S/C20H23N2O14P3/c23-16-10-19(22-8-7-18(24)21-20(22)25)34-17(16)12-33-38(28,29)36-39(30,31)35-37(26,27)32-11-13-5-6-14-3-1-2-4-15(14)9-13/h1-9,16-17,19,23H,10-12H2,(H,26,27)(H,28,29)(H,30,31)(H,21,24,25)/p-3/t16?,17-,19-/m1/s1. The average Bonchev–Trinajstić information content (AvgIpc) is 3.20. The summed E-state index contributed by atoms with van der Waals surface area (Å²) in [7, 11) is -17.5. The maximum atomic E-state index is 12.0. The number of fused-ring (bicyclic) bond motifs is 1. The van der Waals surface area contributed by atoms with Crippen LogP contribution in [0.1, 0.15) is 18.2 Å². The van der Waals surface area contributed by atoms with E-state index in [4.69, 9.17) is 4.74 Å². The molecular formula is C20H20N2O14P3-3. The smallest absolute Gasteiger partial charge is 0.330 e. The second kappa shape index (κ2) is 11.7. The molecule has 1 aliphatic rings. The molecule has 0 radical (unpaired) electrons. The molecule has 16 nitrogen and oxygen atoms in total. The highest BCUT2D eigenvalue weighted by Gasteiger charge is 2.37. The summed E-state index contributed by atoms with van der Waals surface area (Å²) >= 11 is 0. The second-order valence-electron chi connectivity index (χ2n) is 8.21. The van der Waals surface area contributed by atoms with Gasteiger partial charge in [-0.3, -0.25) is 28.0 Å². The highest BCUT2D eigenvalue weighted by molar-refractivity contribution is 7.65. The normalized spacial score (nSPS) is 24.2. The summed E-state index contributed by atoms with van der Waals surface area (Å²) < 4.78 is 58.8. The Balaban J connectivity index is 1.30. The summed E-state index contributed by atoms with van der Waals surface area (Å²) in [6.07, 6.45) is -2.96. The van der Waals surface area contributed by atoms with Crippen molar-refractivity contribution in [1.82, 2.24) is 9.55 Å². The molecule has 1 saturated heterocycles. The van der Waals surface area contributed by atoms with Crippen LogP contribution in [0.15, 0.2) is 64.3 Å². The van der Waals surface area contributed by atoms with E-state index in [1.54, 1.807) is 30.3 Å². The molecular weight excluding hydrogens is 585 g/mol. The fourth-order valence-electron chi connectivity index (χ4n) is 3.64. The maximum absolute atomic E-state index is 12.0. The van der Waals surface area contributed by atoms with Crippen molar-refractivity contribution in [2.75, 3.05) is 6.61 Å². The zero-order valence-corrected chi connectivity index (χ0v) is 22.3. The van der Waals surface area contributed by atoms with Gasteiger partial charge in [-0.25, -0.2) is 13.4 Å². The number of hydrogen-bond acceptors (Lipinski definition) is 14. The van der Waals surface area contributed by atoms with Crippen LogP contribution in [0.25, 0.3) is 10.8 Å². The summed E-state index contributed by atoms with van der Waals surface area (Å²) in [4.78, 5) is 61.0. The lowest BCUT2D eigenvalue weighted by Gasteiger charge is -2.34. The van der Waals surface area contributed by atoms with E-state index in [1.165, 1.54) is 6.07 Å². The van der Waals surface area contributed by atoms with Crippen LogP contribution in [0.5, 0.6) is 0 Å². The van der Waals surface area contributed by atoms with Gasteiger partial charge in [0.15, 0.2) is 0 Å². The number of phosphoric ester groups is 2. The molecule has 19 heteroatoms. The molecule has 0 spiro atoms. The second-order valence-corrected chi connectivity index (χ2v) is 12.7. The number of hydrogen-bond donors (Lipinski definition) is 2. The third kappa shape index (κ3) is 8.12. The first-order chi connectivity index (χ1) is 18.2. The fourth-order valence-corrected chi connectivity index (χ4v) is 7.00. The van der Waals surface area contributed by atoms with Gasteiger partial charge < -0.3 is 33.6 Å². The Morgan fingerprint density at radius 3 is 2.31 bits per heavy atom. The maximum Gasteiger partial charge on any atom is 0.330 e. The number of nitrogens with one attached hydrogen (secondary N) is 1. The number of H-pyrrole nitrogens is 1. The number of aliphatic hydroxyl groups is 1. The first-order valence-electron chi connectivity index (χ1n) is 11.0. The summed E-state index contributed by atoms with van der Waals surface area (Å²) in [5.74, 6) is 0. The van der Waals surface area contributed by atoms with Gasteiger partial charge in [0.25, 0.3) is 29.0 Å². The lowest BCUT2D eigenvalue weighted by Crippen LogP contribution is -2.32. The van der Waals surface area contributed by atoms with Crippen molar-refractivity contribution >= 4 is 34.2 Å². The van der Waals surface area contributed by atoms with E-state index in [0.29, 0.717) is 5.56 Å². The van der Waals surface area contributed by atoms with Crippen LogP contribution in [0.4, 0.5) is 0 Å². The van der Waals surface area contributed by atoms with Crippen molar-refractivity contribution in [3.8, 4) is 0 Å². The quantitative estimate of drug-likeness (QED) is 0.274. The number of phosphoric acid groups is 3. The van der Waals surface area contributed by atoms with Crippen LogP contribution >= 0.6 is 23.5 Å². The zero-order chi connectivity index (χ0) is 28.4. The van der Waals surface area contributed by atoms with Crippen molar-refractivity contribution in [3.63, 3.8) is 0 Å². The molecule has 0 amide bonds. The molecule has 212 valence electrons. The Bertz CT molecular complexity index is 1610. The summed E-state index contributed by atoms with van der Waals surface area (Å²) in [5.41, 5.74) is -1.18. The Morgan fingerprint density at radius 1 is 0.949 bits per heavy atom. The Kier molecular flexibility index (Phi) is 8.89. The van der Waals surface area contributed by atoms with Gasteiger partial charge in [0, 0.05) is 18.7 Å². The molecule has 2 aromatic carbocycles. The molecule has 6 atom stereocenters. The van der Waals surface area contributed by atoms with Crippen LogP contribution in [-0.2, 0) is 42.7 Å². The summed E-state index contributed by atoms with van der Waals surface area (Å²) in [5, 5.41) is 11.7. The number of nitrogens with zero attached hydrogens (tertiary/aromatic N) is 1. The third-order valence-corrected chi connectivity index (χ3v) is 9.48. The molecule has 3 aromatic rings. The monoisotopic (exact) mass is 605 g/mol.